The van der Waals surface area contributed by atoms with Gasteiger partial charge in [-0.15, -0.1) is 0 Å². The van der Waals surface area contributed by atoms with Gasteiger partial charge < -0.3 is 4.57 Å². The summed E-state index contributed by atoms with van der Waals surface area (Å²) in [4.78, 5) is 12.6. The maximum absolute atomic E-state index is 12.6. The molecule has 1 aromatic heterocycles. The van der Waals surface area contributed by atoms with Crippen LogP contribution in [0.4, 0.5) is 0 Å². The summed E-state index contributed by atoms with van der Waals surface area (Å²) in [6.07, 6.45) is 4.26. The van der Waals surface area contributed by atoms with Gasteiger partial charge in [0.1, 0.15) is 11.6 Å². The zero-order valence-electron chi connectivity index (χ0n) is 11.6. The number of pyridine rings is 1. The molecular weight excluding hydrogens is 284 g/mol. The fourth-order valence-corrected chi connectivity index (χ4v) is 3.15. The van der Waals surface area contributed by atoms with E-state index < -0.39 is 0 Å². The summed E-state index contributed by atoms with van der Waals surface area (Å²) < 4.78 is 1.80. The number of aromatic nitrogens is 1. The molecular formula is C17H15ClN2O. The Labute approximate surface area is 128 Å². The molecule has 1 fully saturated rings. The van der Waals surface area contributed by atoms with Gasteiger partial charge in [0.05, 0.1) is 5.69 Å². The Morgan fingerprint density at radius 3 is 2.38 bits per heavy atom. The van der Waals surface area contributed by atoms with Gasteiger partial charge in [0, 0.05) is 11.1 Å². The number of hydrogen-bond donors (Lipinski definition) is 0. The number of benzene rings is 1. The van der Waals surface area contributed by atoms with Crippen molar-refractivity contribution in [3.63, 3.8) is 0 Å². The van der Waals surface area contributed by atoms with Gasteiger partial charge in [0.2, 0.25) is 0 Å². The number of hydrogen-bond acceptors (Lipinski definition) is 2. The summed E-state index contributed by atoms with van der Waals surface area (Å²) in [5.41, 5.74) is 1.84. The fraction of sp³-hybridized carbons (Fsp3) is 0.294. The Hall–Kier alpha value is -2.05. The van der Waals surface area contributed by atoms with E-state index in [-0.39, 0.29) is 17.2 Å². The molecule has 21 heavy (non-hydrogen) atoms. The van der Waals surface area contributed by atoms with Crippen molar-refractivity contribution in [1.82, 2.24) is 4.57 Å². The summed E-state index contributed by atoms with van der Waals surface area (Å²) in [6, 6.07) is 13.1. The molecule has 0 N–H and O–H groups in total. The molecule has 0 atom stereocenters. The van der Waals surface area contributed by atoms with E-state index in [1.54, 1.807) is 10.6 Å². The topological polar surface area (TPSA) is 45.8 Å². The van der Waals surface area contributed by atoms with Crippen molar-refractivity contribution >= 4 is 11.6 Å². The lowest BCUT2D eigenvalue weighted by Crippen LogP contribution is -2.26. The standard InChI is InChI=1S/C17H15ClN2O/c18-14-8-5-12(6-9-14)16-10-7-13(11-19)17(21)20(16)15-3-1-2-4-15/h5-10,15H,1-4H2. The molecule has 106 valence electrons. The van der Waals surface area contributed by atoms with Crippen molar-refractivity contribution in [3.8, 4) is 17.3 Å². The van der Waals surface area contributed by atoms with Crippen LogP contribution in [0.1, 0.15) is 37.3 Å². The molecule has 2 aromatic rings. The van der Waals surface area contributed by atoms with Gasteiger partial charge in [0.25, 0.3) is 5.56 Å². The van der Waals surface area contributed by atoms with Crippen molar-refractivity contribution in [3.05, 3.63) is 57.3 Å². The molecule has 1 aromatic carbocycles. The Balaban J connectivity index is 2.20. The third-order valence-corrected chi connectivity index (χ3v) is 4.32. The number of rotatable bonds is 2. The van der Waals surface area contributed by atoms with Crippen LogP contribution in [0.3, 0.4) is 0 Å². The van der Waals surface area contributed by atoms with E-state index in [4.69, 9.17) is 16.9 Å². The predicted molar refractivity (Wildman–Crippen MR) is 83.4 cm³/mol. The average molecular weight is 299 g/mol. The molecule has 1 aliphatic rings. The highest BCUT2D eigenvalue weighted by Gasteiger charge is 2.22. The Morgan fingerprint density at radius 1 is 1.10 bits per heavy atom. The van der Waals surface area contributed by atoms with Gasteiger partial charge >= 0.3 is 0 Å². The summed E-state index contributed by atoms with van der Waals surface area (Å²) in [7, 11) is 0. The Morgan fingerprint density at radius 2 is 1.76 bits per heavy atom. The molecule has 3 rings (SSSR count). The zero-order chi connectivity index (χ0) is 14.8. The second-order valence-electron chi connectivity index (χ2n) is 5.36. The summed E-state index contributed by atoms with van der Waals surface area (Å²) in [6.45, 7) is 0. The SMILES string of the molecule is N#Cc1ccc(-c2ccc(Cl)cc2)n(C2CCCC2)c1=O. The van der Waals surface area contributed by atoms with Crippen LogP contribution in [0.5, 0.6) is 0 Å². The van der Waals surface area contributed by atoms with Crippen molar-refractivity contribution in [2.75, 3.05) is 0 Å². The number of nitrogens with zero attached hydrogens (tertiary/aromatic N) is 2. The van der Waals surface area contributed by atoms with E-state index in [9.17, 15) is 4.79 Å². The van der Waals surface area contributed by atoms with Crippen molar-refractivity contribution in [2.24, 2.45) is 0 Å². The number of halogens is 1. The quantitative estimate of drug-likeness (QED) is 0.836. The zero-order valence-corrected chi connectivity index (χ0v) is 12.3. The highest BCUT2D eigenvalue weighted by molar-refractivity contribution is 6.30. The lowest BCUT2D eigenvalue weighted by molar-refractivity contribution is 0.507. The lowest BCUT2D eigenvalue weighted by atomic mass is 10.1. The van der Waals surface area contributed by atoms with E-state index in [1.165, 1.54) is 0 Å². The third kappa shape index (κ3) is 2.59. The van der Waals surface area contributed by atoms with Gasteiger partial charge in [-0.25, -0.2) is 0 Å². The normalized spacial score (nSPS) is 15.0. The smallest absolute Gasteiger partial charge is 0.269 e. The maximum atomic E-state index is 12.6. The highest BCUT2D eigenvalue weighted by Crippen LogP contribution is 2.32. The molecule has 0 bridgehead atoms. The fourth-order valence-electron chi connectivity index (χ4n) is 3.02. The van der Waals surface area contributed by atoms with Crippen LogP contribution in [0.15, 0.2) is 41.2 Å². The second-order valence-corrected chi connectivity index (χ2v) is 5.80. The molecule has 1 aliphatic carbocycles. The molecule has 0 amide bonds. The van der Waals surface area contributed by atoms with Crippen molar-refractivity contribution < 1.29 is 0 Å². The van der Waals surface area contributed by atoms with Crippen molar-refractivity contribution in [2.45, 2.75) is 31.7 Å². The molecule has 0 spiro atoms. The third-order valence-electron chi connectivity index (χ3n) is 4.07. The van der Waals surface area contributed by atoms with Crippen LogP contribution in [0, 0.1) is 11.3 Å². The van der Waals surface area contributed by atoms with Crippen LogP contribution >= 0.6 is 11.6 Å². The maximum Gasteiger partial charge on any atom is 0.269 e. The lowest BCUT2D eigenvalue weighted by Gasteiger charge is -2.19. The average Bonchev–Trinajstić information content (AvgIpc) is 3.01. The van der Waals surface area contributed by atoms with Crippen LogP contribution < -0.4 is 5.56 Å². The van der Waals surface area contributed by atoms with Gasteiger partial charge in [-0.2, -0.15) is 5.26 Å². The van der Waals surface area contributed by atoms with E-state index >= 15 is 0 Å². The van der Waals surface area contributed by atoms with Crippen LogP contribution in [0.25, 0.3) is 11.3 Å². The van der Waals surface area contributed by atoms with Crippen LogP contribution in [-0.4, -0.2) is 4.57 Å². The molecule has 0 unspecified atom stereocenters. The summed E-state index contributed by atoms with van der Waals surface area (Å²) >= 11 is 5.93. The van der Waals surface area contributed by atoms with Gasteiger partial charge in [-0.1, -0.05) is 36.6 Å². The monoisotopic (exact) mass is 298 g/mol. The summed E-state index contributed by atoms with van der Waals surface area (Å²) in [5, 5.41) is 9.77. The van der Waals surface area contributed by atoms with E-state index in [0.717, 1.165) is 36.9 Å². The molecule has 4 heteroatoms. The minimum Gasteiger partial charge on any atom is -0.304 e. The molecule has 1 heterocycles. The second kappa shape index (κ2) is 5.75. The first-order chi connectivity index (χ1) is 10.2. The highest BCUT2D eigenvalue weighted by atomic mass is 35.5. The molecule has 0 saturated heterocycles. The van der Waals surface area contributed by atoms with Gasteiger partial charge in [-0.3, -0.25) is 4.79 Å². The summed E-state index contributed by atoms with van der Waals surface area (Å²) in [5.74, 6) is 0. The van der Waals surface area contributed by atoms with Crippen LogP contribution in [0.2, 0.25) is 5.02 Å². The first-order valence-electron chi connectivity index (χ1n) is 7.12. The molecule has 0 radical (unpaired) electrons. The van der Waals surface area contributed by atoms with E-state index in [1.807, 2.05) is 36.4 Å². The minimum absolute atomic E-state index is 0.183. The largest absolute Gasteiger partial charge is 0.304 e. The molecule has 3 nitrogen and oxygen atoms in total. The first-order valence-corrected chi connectivity index (χ1v) is 7.50. The molecule has 0 aliphatic heterocycles. The predicted octanol–water partition coefficient (Wildman–Crippen LogP) is 4.16. The van der Waals surface area contributed by atoms with Gasteiger partial charge in [-0.05, 0) is 42.7 Å². The van der Waals surface area contributed by atoms with E-state index in [2.05, 4.69) is 0 Å². The number of nitriles is 1. The Bertz CT molecular complexity index is 750. The first kappa shape index (κ1) is 13.9. The van der Waals surface area contributed by atoms with Crippen molar-refractivity contribution in [1.29, 1.82) is 5.26 Å². The van der Waals surface area contributed by atoms with Crippen LogP contribution in [-0.2, 0) is 0 Å². The minimum atomic E-state index is -0.183. The van der Waals surface area contributed by atoms with E-state index in [0.29, 0.717) is 5.02 Å². The molecule has 1 saturated carbocycles. The Kier molecular flexibility index (Phi) is 3.81. The van der Waals surface area contributed by atoms with Gasteiger partial charge in [0.15, 0.2) is 0 Å².